The van der Waals surface area contributed by atoms with Crippen LogP contribution in [0.2, 0.25) is 15.2 Å². The molecule has 0 saturated heterocycles. The van der Waals surface area contributed by atoms with Gasteiger partial charge in [0.15, 0.2) is 6.61 Å². The lowest BCUT2D eigenvalue weighted by molar-refractivity contribution is -0.119. The van der Waals surface area contributed by atoms with Gasteiger partial charge in [0.2, 0.25) is 0 Å². The van der Waals surface area contributed by atoms with Crippen molar-refractivity contribution in [2.24, 2.45) is 0 Å². The summed E-state index contributed by atoms with van der Waals surface area (Å²) in [6, 6.07) is 13.6. The third-order valence-electron chi connectivity index (χ3n) is 4.26. The first-order valence-electron chi connectivity index (χ1n) is 8.93. The van der Waals surface area contributed by atoms with E-state index in [2.05, 4.69) is 10.4 Å². The molecule has 0 fully saturated rings. The number of benzene rings is 2. The molecule has 3 rings (SSSR count). The summed E-state index contributed by atoms with van der Waals surface area (Å²) in [7, 11) is 0. The number of carbonyl (C=O) groups excluding carboxylic acids is 2. The van der Waals surface area contributed by atoms with Gasteiger partial charge in [0.25, 0.3) is 5.91 Å². The maximum atomic E-state index is 12.5. The van der Waals surface area contributed by atoms with E-state index in [4.69, 9.17) is 44.8 Å². The molecule has 1 amide bonds. The standard InChI is InChI=1S/C21H15Cl3N4O3/c1-12-19(20(24)28(27-12)10-14-4-2-3-5-16(14)23)21(30)31-11-18(29)26-17-8-15(22)7-6-13(17)9-25/h2-8H,10-11H2,1H3,(H,26,29). The molecule has 10 heteroatoms. The van der Waals surface area contributed by atoms with Crippen LogP contribution in [-0.4, -0.2) is 28.3 Å². The van der Waals surface area contributed by atoms with Crippen LogP contribution in [0, 0.1) is 18.3 Å². The molecular formula is C21H15Cl3N4O3. The summed E-state index contributed by atoms with van der Waals surface area (Å²) >= 11 is 18.4. The number of amides is 1. The zero-order valence-corrected chi connectivity index (χ0v) is 18.4. The summed E-state index contributed by atoms with van der Waals surface area (Å²) in [6.07, 6.45) is 0. The minimum Gasteiger partial charge on any atom is -0.452 e. The SMILES string of the molecule is Cc1nn(Cc2ccccc2Cl)c(Cl)c1C(=O)OCC(=O)Nc1cc(Cl)ccc1C#N. The number of hydrogen-bond donors (Lipinski definition) is 1. The van der Waals surface area contributed by atoms with Crippen LogP contribution in [0.5, 0.6) is 0 Å². The molecule has 1 heterocycles. The number of halogens is 3. The Morgan fingerprint density at radius 2 is 1.94 bits per heavy atom. The minimum absolute atomic E-state index is 0.0574. The number of nitrogens with zero attached hydrogens (tertiary/aromatic N) is 3. The van der Waals surface area contributed by atoms with E-state index in [0.717, 1.165) is 5.56 Å². The molecule has 0 bridgehead atoms. The highest BCUT2D eigenvalue weighted by molar-refractivity contribution is 6.33. The number of esters is 1. The Labute approximate surface area is 193 Å². The Morgan fingerprint density at radius 3 is 2.65 bits per heavy atom. The Kier molecular flexibility index (Phi) is 7.18. The van der Waals surface area contributed by atoms with Crippen LogP contribution in [-0.2, 0) is 16.1 Å². The lowest BCUT2D eigenvalue weighted by Gasteiger charge is -2.08. The summed E-state index contributed by atoms with van der Waals surface area (Å²) in [6.45, 7) is 1.29. The average molecular weight is 478 g/mol. The summed E-state index contributed by atoms with van der Waals surface area (Å²) < 4.78 is 6.51. The summed E-state index contributed by atoms with van der Waals surface area (Å²) in [5.41, 5.74) is 1.63. The molecule has 31 heavy (non-hydrogen) atoms. The Morgan fingerprint density at radius 1 is 1.19 bits per heavy atom. The molecule has 0 saturated carbocycles. The molecule has 7 nitrogen and oxygen atoms in total. The quantitative estimate of drug-likeness (QED) is 0.511. The third kappa shape index (κ3) is 5.36. The van der Waals surface area contributed by atoms with Crippen molar-refractivity contribution in [1.82, 2.24) is 9.78 Å². The zero-order chi connectivity index (χ0) is 22.5. The molecule has 0 spiro atoms. The van der Waals surface area contributed by atoms with Gasteiger partial charge in [-0.05, 0) is 36.8 Å². The van der Waals surface area contributed by atoms with Crippen LogP contribution in [0.3, 0.4) is 0 Å². The lowest BCUT2D eigenvalue weighted by atomic mass is 10.2. The first-order chi connectivity index (χ1) is 14.8. The predicted octanol–water partition coefficient (Wildman–Crippen LogP) is 4.87. The van der Waals surface area contributed by atoms with Crippen LogP contribution in [0.15, 0.2) is 42.5 Å². The van der Waals surface area contributed by atoms with E-state index in [1.807, 2.05) is 18.2 Å². The van der Waals surface area contributed by atoms with E-state index >= 15 is 0 Å². The maximum Gasteiger partial charge on any atom is 0.343 e. The van der Waals surface area contributed by atoms with Crippen molar-refractivity contribution in [3.63, 3.8) is 0 Å². The van der Waals surface area contributed by atoms with E-state index in [9.17, 15) is 9.59 Å². The first kappa shape index (κ1) is 22.6. The number of rotatable bonds is 6. The van der Waals surface area contributed by atoms with Crippen LogP contribution in [0.25, 0.3) is 0 Å². The second-order valence-corrected chi connectivity index (χ2v) is 7.63. The number of carbonyl (C=O) groups is 2. The number of aryl methyl sites for hydroxylation is 1. The van der Waals surface area contributed by atoms with E-state index in [0.29, 0.717) is 15.7 Å². The predicted molar refractivity (Wildman–Crippen MR) is 118 cm³/mol. The minimum atomic E-state index is -0.797. The largest absolute Gasteiger partial charge is 0.452 e. The van der Waals surface area contributed by atoms with Gasteiger partial charge in [-0.1, -0.05) is 53.0 Å². The fraction of sp³-hybridized carbons (Fsp3) is 0.143. The van der Waals surface area contributed by atoms with Crippen molar-refractivity contribution in [3.05, 3.63) is 80.0 Å². The monoisotopic (exact) mass is 476 g/mol. The normalized spacial score (nSPS) is 10.4. The van der Waals surface area contributed by atoms with E-state index in [1.165, 1.54) is 22.9 Å². The van der Waals surface area contributed by atoms with E-state index in [-0.39, 0.29) is 28.5 Å². The number of nitrogens with one attached hydrogen (secondary N) is 1. The van der Waals surface area contributed by atoms with Gasteiger partial charge in [0.1, 0.15) is 16.8 Å². The van der Waals surface area contributed by atoms with Crippen LogP contribution in [0.1, 0.15) is 27.2 Å². The number of hydrogen-bond acceptors (Lipinski definition) is 5. The number of ether oxygens (including phenoxy) is 1. The second kappa shape index (κ2) is 9.84. The fourth-order valence-electron chi connectivity index (χ4n) is 2.78. The molecule has 0 aliphatic carbocycles. The van der Waals surface area contributed by atoms with Crippen molar-refractivity contribution in [3.8, 4) is 6.07 Å². The van der Waals surface area contributed by atoms with Crippen molar-refractivity contribution >= 4 is 52.4 Å². The van der Waals surface area contributed by atoms with Crippen LogP contribution < -0.4 is 5.32 Å². The van der Waals surface area contributed by atoms with Gasteiger partial charge < -0.3 is 10.1 Å². The molecule has 158 valence electrons. The van der Waals surface area contributed by atoms with Gasteiger partial charge >= 0.3 is 5.97 Å². The molecule has 1 aromatic heterocycles. The van der Waals surface area contributed by atoms with Crippen molar-refractivity contribution in [1.29, 1.82) is 5.26 Å². The topological polar surface area (TPSA) is 97.0 Å². The van der Waals surface area contributed by atoms with Crippen LogP contribution >= 0.6 is 34.8 Å². The Balaban J connectivity index is 1.68. The van der Waals surface area contributed by atoms with E-state index in [1.54, 1.807) is 19.1 Å². The van der Waals surface area contributed by atoms with Gasteiger partial charge in [-0.25, -0.2) is 9.48 Å². The van der Waals surface area contributed by atoms with Crippen LogP contribution in [0.4, 0.5) is 5.69 Å². The lowest BCUT2D eigenvalue weighted by Crippen LogP contribution is -2.21. The highest BCUT2D eigenvalue weighted by Crippen LogP contribution is 2.24. The van der Waals surface area contributed by atoms with Gasteiger partial charge in [-0.3, -0.25) is 4.79 Å². The molecule has 0 radical (unpaired) electrons. The molecule has 0 unspecified atom stereocenters. The van der Waals surface area contributed by atoms with Gasteiger partial charge in [-0.2, -0.15) is 10.4 Å². The molecule has 0 atom stereocenters. The first-order valence-corrected chi connectivity index (χ1v) is 10.1. The number of nitriles is 1. The van der Waals surface area contributed by atoms with Crippen molar-refractivity contribution in [2.75, 3.05) is 11.9 Å². The second-order valence-electron chi connectivity index (χ2n) is 6.43. The van der Waals surface area contributed by atoms with Gasteiger partial charge in [0.05, 0.1) is 23.5 Å². The smallest absolute Gasteiger partial charge is 0.343 e. The molecule has 0 aliphatic rings. The van der Waals surface area contributed by atoms with Crippen molar-refractivity contribution in [2.45, 2.75) is 13.5 Å². The molecule has 1 N–H and O–H groups in total. The summed E-state index contributed by atoms with van der Waals surface area (Å²) in [4.78, 5) is 24.7. The molecule has 0 aliphatic heterocycles. The Bertz CT molecular complexity index is 1200. The Hall–Kier alpha value is -3.05. The average Bonchev–Trinajstić information content (AvgIpc) is 3.01. The summed E-state index contributed by atoms with van der Waals surface area (Å²) in [5, 5.41) is 16.8. The molecular weight excluding hydrogens is 463 g/mol. The summed E-state index contributed by atoms with van der Waals surface area (Å²) in [5.74, 6) is -1.43. The highest BCUT2D eigenvalue weighted by atomic mass is 35.5. The van der Waals surface area contributed by atoms with E-state index < -0.39 is 18.5 Å². The van der Waals surface area contributed by atoms with Gasteiger partial charge in [0, 0.05) is 10.0 Å². The molecule has 3 aromatic rings. The van der Waals surface area contributed by atoms with Crippen molar-refractivity contribution < 1.29 is 14.3 Å². The highest BCUT2D eigenvalue weighted by Gasteiger charge is 2.23. The number of anilines is 1. The number of aromatic nitrogens is 2. The third-order valence-corrected chi connectivity index (χ3v) is 5.25. The zero-order valence-electron chi connectivity index (χ0n) is 16.2. The maximum absolute atomic E-state index is 12.5. The fourth-order valence-corrected chi connectivity index (χ4v) is 3.46. The molecule has 2 aromatic carbocycles. The van der Waals surface area contributed by atoms with Gasteiger partial charge in [-0.15, -0.1) is 0 Å².